The minimum absolute atomic E-state index is 0.217. The van der Waals surface area contributed by atoms with Crippen molar-refractivity contribution in [1.82, 2.24) is 4.57 Å². The summed E-state index contributed by atoms with van der Waals surface area (Å²) in [4.78, 5) is 0. The monoisotopic (exact) mass is 193 g/mol. The SMILES string of the molecule is C1=CC2CC1CC2CN1CCC[SiH2]1. The van der Waals surface area contributed by atoms with Gasteiger partial charge in [0.05, 0.1) is 9.68 Å². The third kappa shape index (κ3) is 1.50. The molecule has 1 heterocycles. The second-order valence-electron chi connectivity index (χ2n) is 5.05. The number of nitrogens with zero attached hydrogens (tertiary/aromatic N) is 1. The molecule has 3 atom stereocenters. The van der Waals surface area contributed by atoms with E-state index in [9.17, 15) is 0 Å². The summed E-state index contributed by atoms with van der Waals surface area (Å²) in [5.41, 5.74) is 0. The molecule has 0 N–H and O–H groups in total. The summed E-state index contributed by atoms with van der Waals surface area (Å²) < 4.78 is 2.82. The number of hydrogen-bond donors (Lipinski definition) is 0. The largest absolute Gasteiger partial charge is 0.329 e. The predicted molar refractivity (Wildman–Crippen MR) is 58.4 cm³/mol. The molecule has 1 saturated carbocycles. The zero-order valence-corrected chi connectivity index (χ0v) is 9.70. The van der Waals surface area contributed by atoms with Crippen molar-refractivity contribution in [3.05, 3.63) is 12.2 Å². The van der Waals surface area contributed by atoms with Crippen LogP contribution < -0.4 is 0 Å². The van der Waals surface area contributed by atoms with Gasteiger partial charge in [0.2, 0.25) is 0 Å². The van der Waals surface area contributed by atoms with Crippen molar-refractivity contribution in [3.8, 4) is 0 Å². The number of rotatable bonds is 2. The van der Waals surface area contributed by atoms with Crippen LogP contribution in [0, 0.1) is 17.8 Å². The lowest BCUT2D eigenvalue weighted by atomic mass is 9.94. The van der Waals surface area contributed by atoms with Crippen molar-refractivity contribution in [2.75, 3.05) is 13.1 Å². The van der Waals surface area contributed by atoms with E-state index in [0.717, 1.165) is 17.8 Å². The van der Waals surface area contributed by atoms with Gasteiger partial charge in [-0.1, -0.05) is 12.2 Å². The Balaban J connectivity index is 1.58. The molecule has 2 aliphatic carbocycles. The average molecular weight is 193 g/mol. The van der Waals surface area contributed by atoms with Gasteiger partial charge in [0, 0.05) is 0 Å². The molecule has 13 heavy (non-hydrogen) atoms. The van der Waals surface area contributed by atoms with Gasteiger partial charge in [-0.15, -0.1) is 0 Å². The van der Waals surface area contributed by atoms with Gasteiger partial charge in [0.1, 0.15) is 0 Å². The molecule has 0 spiro atoms. The van der Waals surface area contributed by atoms with Gasteiger partial charge >= 0.3 is 0 Å². The van der Waals surface area contributed by atoms with E-state index >= 15 is 0 Å². The molecule has 0 radical (unpaired) electrons. The highest BCUT2D eigenvalue weighted by Gasteiger charge is 2.36. The molecule has 72 valence electrons. The van der Waals surface area contributed by atoms with Crippen molar-refractivity contribution in [1.29, 1.82) is 0 Å². The maximum Gasteiger partial charge on any atom is 0.0951 e. The highest BCUT2D eigenvalue weighted by molar-refractivity contribution is 6.32. The van der Waals surface area contributed by atoms with Crippen LogP contribution in [-0.2, 0) is 0 Å². The molecule has 0 aromatic heterocycles. The fourth-order valence-electron chi connectivity index (χ4n) is 3.40. The Morgan fingerprint density at radius 3 is 2.92 bits per heavy atom. The van der Waals surface area contributed by atoms with Gasteiger partial charge in [-0.2, -0.15) is 0 Å². The average Bonchev–Trinajstić information content (AvgIpc) is 2.77. The Labute approximate surface area is 83.1 Å². The molecular weight excluding hydrogens is 174 g/mol. The van der Waals surface area contributed by atoms with Crippen LogP contribution in [0.4, 0.5) is 0 Å². The summed E-state index contributed by atoms with van der Waals surface area (Å²) in [6.07, 6.45) is 9.45. The summed E-state index contributed by atoms with van der Waals surface area (Å²) in [5, 5.41) is 0. The van der Waals surface area contributed by atoms with E-state index < -0.39 is 0 Å². The molecule has 1 saturated heterocycles. The fourth-order valence-corrected chi connectivity index (χ4v) is 5.26. The third-order valence-corrected chi connectivity index (χ3v) is 6.13. The minimum atomic E-state index is 0.217. The zero-order valence-electron chi connectivity index (χ0n) is 8.28. The Morgan fingerprint density at radius 2 is 2.31 bits per heavy atom. The Hall–Kier alpha value is -0.0831. The van der Waals surface area contributed by atoms with Crippen LogP contribution in [-0.4, -0.2) is 27.3 Å². The number of fused-ring (bicyclic) bond motifs is 2. The summed E-state index contributed by atoms with van der Waals surface area (Å²) in [6, 6.07) is 1.58. The fraction of sp³-hybridized carbons (Fsp3) is 0.818. The second-order valence-corrected chi connectivity index (χ2v) is 7.10. The first-order chi connectivity index (χ1) is 6.42. The van der Waals surface area contributed by atoms with Crippen molar-refractivity contribution in [3.63, 3.8) is 0 Å². The van der Waals surface area contributed by atoms with Crippen molar-refractivity contribution >= 4 is 9.68 Å². The molecule has 3 aliphatic rings. The molecule has 2 bridgehead atoms. The van der Waals surface area contributed by atoms with Crippen LogP contribution in [0.25, 0.3) is 0 Å². The van der Waals surface area contributed by atoms with Crippen LogP contribution in [0.5, 0.6) is 0 Å². The maximum atomic E-state index is 2.82. The Bertz CT molecular complexity index is 220. The van der Waals surface area contributed by atoms with Crippen LogP contribution in [0.1, 0.15) is 19.3 Å². The lowest BCUT2D eigenvalue weighted by Crippen LogP contribution is -2.30. The summed E-state index contributed by atoms with van der Waals surface area (Å²) >= 11 is 0. The molecule has 0 aromatic rings. The van der Waals surface area contributed by atoms with Crippen LogP contribution >= 0.6 is 0 Å². The minimum Gasteiger partial charge on any atom is -0.329 e. The van der Waals surface area contributed by atoms with Crippen LogP contribution in [0.2, 0.25) is 6.04 Å². The highest BCUT2D eigenvalue weighted by atomic mass is 28.2. The Morgan fingerprint density at radius 1 is 1.31 bits per heavy atom. The third-order valence-electron chi connectivity index (χ3n) is 4.11. The molecule has 0 aromatic carbocycles. The predicted octanol–water partition coefficient (Wildman–Crippen LogP) is 1.41. The van der Waals surface area contributed by atoms with E-state index in [-0.39, 0.29) is 9.68 Å². The molecule has 2 fully saturated rings. The zero-order chi connectivity index (χ0) is 8.67. The van der Waals surface area contributed by atoms with Crippen LogP contribution in [0.15, 0.2) is 12.2 Å². The van der Waals surface area contributed by atoms with E-state index in [1.165, 1.54) is 32.4 Å². The first-order valence-electron chi connectivity index (χ1n) is 5.82. The summed E-state index contributed by atoms with van der Waals surface area (Å²) in [7, 11) is 0.217. The van der Waals surface area contributed by atoms with E-state index in [0.29, 0.717) is 0 Å². The van der Waals surface area contributed by atoms with Gasteiger partial charge in [0.15, 0.2) is 0 Å². The molecule has 1 aliphatic heterocycles. The summed E-state index contributed by atoms with van der Waals surface area (Å²) in [6.45, 7) is 2.89. The van der Waals surface area contributed by atoms with Crippen molar-refractivity contribution in [2.24, 2.45) is 17.8 Å². The van der Waals surface area contributed by atoms with Gasteiger partial charge in [-0.25, -0.2) is 0 Å². The number of hydrogen-bond acceptors (Lipinski definition) is 1. The Kier molecular flexibility index (Phi) is 2.06. The van der Waals surface area contributed by atoms with Gasteiger partial charge in [-0.05, 0) is 56.1 Å². The molecule has 1 nitrogen and oxygen atoms in total. The lowest BCUT2D eigenvalue weighted by molar-refractivity contribution is 0.333. The lowest BCUT2D eigenvalue weighted by Gasteiger charge is -2.24. The second kappa shape index (κ2) is 3.25. The van der Waals surface area contributed by atoms with Gasteiger partial charge in [0.25, 0.3) is 0 Å². The normalized spacial score (nSPS) is 45.4. The topological polar surface area (TPSA) is 3.24 Å². The first-order valence-corrected chi connectivity index (χ1v) is 7.46. The molecule has 3 rings (SSSR count). The van der Waals surface area contributed by atoms with E-state index in [2.05, 4.69) is 16.7 Å². The van der Waals surface area contributed by atoms with Crippen molar-refractivity contribution in [2.45, 2.75) is 25.3 Å². The van der Waals surface area contributed by atoms with E-state index in [4.69, 9.17) is 0 Å². The van der Waals surface area contributed by atoms with E-state index in [1.54, 1.807) is 6.04 Å². The van der Waals surface area contributed by atoms with Crippen molar-refractivity contribution < 1.29 is 0 Å². The maximum absolute atomic E-state index is 2.82. The molecule has 0 amide bonds. The highest BCUT2D eigenvalue weighted by Crippen LogP contribution is 2.43. The first kappa shape index (κ1) is 8.24. The number of allylic oxidation sites excluding steroid dienone is 2. The standard InChI is InChI=1S/C11H19NSi/c1-4-12(13-5-1)8-11-7-9-2-3-10(11)6-9/h2-3,9-11H,1,4-8,13H2. The van der Waals surface area contributed by atoms with Gasteiger partial charge in [-0.3, -0.25) is 0 Å². The summed E-state index contributed by atoms with van der Waals surface area (Å²) in [5.74, 6) is 2.99. The quantitative estimate of drug-likeness (QED) is 0.473. The molecule has 3 unspecified atom stereocenters. The smallest absolute Gasteiger partial charge is 0.0951 e. The van der Waals surface area contributed by atoms with Crippen LogP contribution in [0.3, 0.4) is 0 Å². The van der Waals surface area contributed by atoms with E-state index in [1.807, 2.05) is 0 Å². The molecular formula is C11H19NSi. The van der Waals surface area contributed by atoms with Gasteiger partial charge < -0.3 is 4.57 Å². The molecule has 2 heteroatoms.